The van der Waals surface area contributed by atoms with Gasteiger partial charge in [-0.25, -0.2) is 9.97 Å². The summed E-state index contributed by atoms with van der Waals surface area (Å²) in [6.07, 6.45) is 0. The van der Waals surface area contributed by atoms with Crippen LogP contribution in [0, 0.1) is 18.3 Å². The van der Waals surface area contributed by atoms with E-state index >= 15 is 0 Å². The third-order valence-electron chi connectivity index (χ3n) is 4.59. The standard InChI is InChI=1S/C24H26N4O3S/c1-14(2)32-24-27-21(16-11-19(29-4)22(31-6)20(12-16)30-5)18(13-25)23(28-24)26-17-9-7-15(3)8-10-17/h7-12,14H,1-6H3,(H,26,27,28). The molecule has 0 saturated carbocycles. The number of ether oxygens (including phenoxy) is 3. The fourth-order valence-corrected chi connectivity index (χ4v) is 3.81. The van der Waals surface area contributed by atoms with Gasteiger partial charge in [0.1, 0.15) is 11.6 Å². The number of benzene rings is 2. The fourth-order valence-electron chi connectivity index (χ4n) is 3.10. The summed E-state index contributed by atoms with van der Waals surface area (Å²) in [5, 5.41) is 14.2. The molecule has 0 aliphatic heterocycles. The SMILES string of the molecule is COc1cc(-c2nc(SC(C)C)nc(Nc3ccc(C)cc3)c2C#N)cc(OC)c1OC. The van der Waals surface area contributed by atoms with Gasteiger partial charge in [-0.3, -0.25) is 0 Å². The summed E-state index contributed by atoms with van der Waals surface area (Å²) in [7, 11) is 4.65. The minimum Gasteiger partial charge on any atom is -0.493 e. The summed E-state index contributed by atoms with van der Waals surface area (Å²) < 4.78 is 16.4. The Morgan fingerprint density at radius 1 is 0.969 bits per heavy atom. The molecule has 166 valence electrons. The number of rotatable bonds is 8. The molecule has 0 aliphatic rings. The highest BCUT2D eigenvalue weighted by Crippen LogP contribution is 2.42. The molecule has 1 heterocycles. The molecule has 0 amide bonds. The fraction of sp³-hybridized carbons (Fsp3) is 0.292. The average Bonchev–Trinajstić information content (AvgIpc) is 2.78. The monoisotopic (exact) mass is 450 g/mol. The maximum Gasteiger partial charge on any atom is 0.203 e. The largest absolute Gasteiger partial charge is 0.493 e. The maximum atomic E-state index is 10.0. The van der Waals surface area contributed by atoms with Gasteiger partial charge >= 0.3 is 0 Å². The van der Waals surface area contributed by atoms with E-state index in [1.807, 2.05) is 31.2 Å². The summed E-state index contributed by atoms with van der Waals surface area (Å²) in [6.45, 7) is 6.16. The van der Waals surface area contributed by atoms with E-state index in [-0.39, 0.29) is 5.25 Å². The number of methoxy groups -OCH3 is 3. The first-order chi connectivity index (χ1) is 15.4. The number of anilines is 2. The van der Waals surface area contributed by atoms with Crippen LogP contribution in [0.1, 0.15) is 25.0 Å². The molecule has 32 heavy (non-hydrogen) atoms. The predicted octanol–water partition coefficient (Wildman–Crippen LogP) is 5.59. The van der Waals surface area contributed by atoms with Gasteiger partial charge in [-0.15, -0.1) is 0 Å². The minimum atomic E-state index is 0.267. The maximum absolute atomic E-state index is 10.0. The highest BCUT2D eigenvalue weighted by Gasteiger charge is 2.21. The van der Waals surface area contributed by atoms with Gasteiger partial charge in [0, 0.05) is 16.5 Å². The van der Waals surface area contributed by atoms with Crippen LogP contribution in [0.3, 0.4) is 0 Å². The lowest BCUT2D eigenvalue weighted by Crippen LogP contribution is -2.05. The topological polar surface area (TPSA) is 89.3 Å². The van der Waals surface area contributed by atoms with Gasteiger partial charge in [-0.05, 0) is 31.2 Å². The average molecular weight is 451 g/mol. The Labute approximate surface area is 192 Å². The lowest BCUT2D eigenvalue weighted by atomic mass is 10.1. The second-order valence-electron chi connectivity index (χ2n) is 7.26. The van der Waals surface area contributed by atoms with E-state index < -0.39 is 0 Å². The first-order valence-corrected chi connectivity index (χ1v) is 10.9. The van der Waals surface area contributed by atoms with Crippen molar-refractivity contribution in [2.45, 2.75) is 31.2 Å². The molecule has 8 heteroatoms. The third kappa shape index (κ3) is 5.06. The van der Waals surface area contributed by atoms with Crippen LogP contribution < -0.4 is 19.5 Å². The molecule has 0 spiro atoms. The van der Waals surface area contributed by atoms with Gasteiger partial charge < -0.3 is 19.5 Å². The van der Waals surface area contributed by atoms with Gasteiger partial charge in [0.2, 0.25) is 5.75 Å². The summed E-state index contributed by atoms with van der Waals surface area (Å²) in [4.78, 5) is 9.35. The summed E-state index contributed by atoms with van der Waals surface area (Å²) in [5.41, 5.74) is 3.46. The van der Waals surface area contributed by atoms with Crippen LogP contribution in [-0.4, -0.2) is 36.5 Å². The first kappa shape index (κ1) is 23.2. The molecule has 2 aromatic carbocycles. The highest BCUT2D eigenvalue weighted by molar-refractivity contribution is 7.99. The number of aryl methyl sites for hydroxylation is 1. The molecule has 0 unspecified atom stereocenters. The van der Waals surface area contributed by atoms with E-state index in [4.69, 9.17) is 19.2 Å². The number of hydrogen-bond donors (Lipinski definition) is 1. The normalized spacial score (nSPS) is 10.6. The molecule has 0 aliphatic carbocycles. The van der Waals surface area contributed by atoms with Gasteiger partial charge in [0.05, 0.1) is 27.0 Å². The van der Waals surface area contributed by atoms with E-state index in [9.17, 15) is 5.26 Å². The van der Waals surface area contributed by atoms with Crippen molar-refractivity contribution >= 4 is 23.3 Å². The number of hydrogen-bond acceptors (Lipinski definition) is 8. The Morgan fingerprint density at radius 2 is 1.59 bits per heavy atom. The Bertz CT molecular complexity index is 1120. The quantitative estimate of drug-likeness (QED) is 0.351. The van der Waals surface area contributed by atoms with E-state index in [0.29, 0.717) is 45.0 Å². The van der Waals surface area contributed by atoms with Crippen molar-refractivity contribution in [1.82, 2.24) is 9.97 Å². The molecule has 0 atom stereocenters. The molecule has 3 aromatic rings. The van der Waals surface area contributed by atoms with E-state index in [0.717, 1.165) is 11.3 Å². The second-order valence-corrected chi connectivity index (χ2v) is 8.81. The van der Waals surface area contributed by atoms with Crippen LogP contribution >= 0.6 is 11.8 Å². The minimum absolute atomic E-state index is 0.267. The van der Waals surface area contributed by atoms with Crippen molar-refractivity contribution in [3.63, 3.8) is 0 Å². The summed E-state index contributed by atoms with van der Waals surface area (Å²) in [6, 6.07) is 13.7. The predicted molar refractivity (Wildman–Crippen MR) is 127 cm³/mol. The molecule has 0 radical (unpaired) electrons. The van der Waals surface area contributed by atoms with Crippen molar-refractivity contribution < 1.29 is 14.2 Å². The number of nitrogens with zero attached hydrogens (tertiary/aromatic N) is 3. The van der Waals surface area contributed by atoms with Crippen LogP contribution in [0.5, 0.6) is 17.2 Å². The zero-order valence-corrected chi connectivity index (χ0v) is 19.8. The van der Waals surface area contributed by atoms with Crippen LogP contribution in [-0.2, 0) is 0 Å². The van der Waals surface area contributed by atoms with Gasteiger partial charge in [-0.1, -0.05) is 43.3 Å². The highest BCUT2D eigenvalue weighted by atomic mass is 32.2. The zero-order chi connectivity index (χ0) is 23.3. The van der Waals surface area contributed by atoms with E-state index in [2.05, 4.69) is 30.2 Å². The lowest BCUT2D eigenvalue weighted by molar-refractivity contribution is 0.324. The molecular weight excluding hydrogens is 424 g/mol. The van der Waals surface area contributed by atoms with Gasteiger partial charge in [0.25, 0.3) is 0 Å². The second kappa shape index (κ2) is 10.2. The van der Waals surface area contributed by atoms with Crippen LogP contribution in [0.25, 0.3) is 11.3 Å². The van der Waals surface area contributed by atoms with Gasteiger partial charge in [-0.2, -0.15) is 5.26 Å². The van der Waals surface area contributed by atoms with Crippen molar-refractivity contribution in [3.8, 4) is 34.6 Å². The van der Waals surface area contributed by atoms with Crippen molar-refractivity contribution in [3.05, 3.63) is 47.5 Å². The Balaban J connectivity index is 2.22. The molecular formula is C24H26N4O3S. The third-order valence-corrected chi connectivity index (χ3v) is 5.46. The molecule has 0 fully saturated rings. The van der Waals surface area contributed by atoms with Crippen LogP contribution in [0.15, 0.2) is 41.6 Å². The van der Waals surface area contributed by atoms with Crippen molar-refractivity contribution in [1.29, 1.82) is 5.26 Å². The Kier molecular flexibility index (Phi) is 7.44. The molecule has 1 aromatic heterocycles. The molecule has 7 nitrogen and oxygen atoms in total. The van der Waals surface area contributed by atoms with Gasteiger partial charge in [0.15, 0.2) is 22.5 Å². The summed E-state index contributed by atoms with van der Waals surface area (Å²) >= 11 is 1.52. The van der Waals surface area contributed by atoms with E-state index in [1.165, 1.54) is 11.8 Å². The first-order valence-electron chi connectivity index (χ1n) is 10.0. The van der Waals surface area contributed by atoms with Crippen LogP contribution in [0.4, 0.5) is 11.5 Å². The van der Waals surface area contributed by atoms with Crippen LogP contribution in [0.2, 0.25) is 0 Å². The molecule has 0 saturated heterocycles. The summed E-state index contributed by atoms with van der Waals surface area (Å²) in [5.74, 6) is 1.88. The Morgan fingerprint density at radius 3 is 2.09 bits per heavy atom. The molecule has 0 bridgehead atoms. The molecule has 1 N–H and O–H groups in total. The van der Waals surface area contributed by atoms with Crippen molar-refractivity contribution in [2.75, 3.05) is 26.6 Å². The van der Waals surface area contributed by atoms with Crippen molar-refractivity contribution in [2.24, 2.45) is 0 Å². The Hall–Kier alpha value is -3.44. The molecule has 3 rings (SSSR count). The van der Waals surface area contributed by atoms with E-state index in [1.54, 1.807) is 33.5 Å². The number of nitrogens with one attached hydrogen (secondary N) is 1. The number of thioether (sulfide) groups is 1. The number of aromatic nitrogens is 2. The lowest BCUT2D eigenvalue weighted by Gasteiger charge is -2.16. The number of nitriles is 1. The smallest absolute Gasteiger partial charge is 0.203 e. The zero-order valence-electron chi connectivity index (χ0n) is 19.0.